The summed E-state index contributed by atoms with van der Waals surface area (Å²) >= 11 is 0. The molecule has 0 bridgehead atoms. The molecule has 0 fully saturated rings. The Morgan fingerprint density at radius 2 is 1.73 bits per heavy atom. The van der Waals surface area contributed by atoms with Crippen LogP contribution in [0.4, 0.5) is 0 Å². The van der Waals surface area contributed by atoms with Crippen molar-refractivity contribution in [2.75, 3.05) is 6.61 Å². The molecule has 4 rings (SSSR count). The Bertz CT molecular complexity index is 1150. The van der Waals surface area contributed by atoms with Gasteiger partial charge in [0.15, 0.2) is 0 Å². The van der Waals surface area contributed by atoms with Crippen LogP contribution in [0.15, 0.2) is 72.8 Å². The van der Waals surface area contributed by atoms with E-state index in [1.165, 1.54) is 0 Å². The summed E-state index contributed by atoms with van der Waals surface area (Å²) in [6.45, 7) is 2.52. The fourth-order valence-electron chi connectivity index (χ4n) is 3.44. The molecule has 0 radical (unpaired) electrons. The fraction of sp³-hybridized carbons (Fsp3) is 0.160. The van der Waals surface area contributed by atoms with Gasteiger partial charge in [0, 0.05) is 17.0 Å². The van der Waals surface area contributed by atoms with E-state index in [2.05, 4.69) is 4.98 Å². The van der Waals surface area contributed by atoms with Crippen molar-refractivity contribution in [3.63, 3.8) is 0 Å². The van der Waals surface area contributed by atoms with Gasteiger partial charge in [0.2, 0.25) is 0 Å². The zero-order valence-corrected chi connectivity index (χ0v) is 16.7. The van der Waals surface area contributed by atoms with Crippen LogP contribution in [0, 0.1) is 0 Å². The first-order chi connectivity index (χ1) is 14.7. The van der Waals surface area contributed by atoms with E-state index in [0.29, 0.717) is 24.7 Å². The molecule has 3 aromatic carbocycles. The van der Waals surface area contributed by atoms with Crippen molar-refractivity contribution in [3.8, 4) is 16.9 Å². The fourth-order valence-corrected chi connectivity index (χ4v) is 3.44. The zero-order chi connectivity index (χ0) is 20.9. The number of ether oxygens (including phenoxy) is 2. The summed E-state index contributed by atoms with van der Waals surface area (Å²) in [7, 11) is 0. The number of aliphatic hydroxyl groups is 1. The maximum Gasteiger partial charge on any atom is 0.355 e. The molecule has 0 unspecified atom stereocenters. The predicted molar refractivity (Wildman–Crippen MR) is 116 cm³/mol. The Morgan fingerprint density at radius 1 is 0.967 bits per heavy atom. The van der Waals surface area contributed by atoms with Crippen molar-refractivity contribution < 1.29 is 19.4 Å². The van der Waals surface area contributed by atoms with Crippen LogP contribution in [-0.2, 0) is 18.0 Å². The minimum atomic E-state index is -0.401. The lowest BCUT2D eigenvalue weighted by Gasteiger charge is -2.07. The van der Waals surface area contributed by atoms with Crippen LogP contribution in [-0.4, -0.2) is 22.7 Å². The van der Waals surface area contributed by atoms with Crippen molar-refractivity contribution in [1.82, 2.24) is 4.98 Å². The van der Waals surface area contributed by atoms with E-state index in [0.717, 1.165) is 33.2 Å². The molecule has 0 aliphatic carbocycles. The summed E-state index contributed by atoms with van der Waals surface area (Å²) in [6, 6.07) is 23.2. The number of carbonyl (C=O) groups is 1. The van der Waals surface area contributed by atoms with Gasteiger partial charge in [-0.3, -0.25) is 0 Å². The number of H-pyrrole nitrogens is 1. The minimum Gasteiger partial charge on any atom is -0.489 e. The lowest BCUT2D eigenvalue weighted by Crippen LogP contribution is -2.06. The molecule has 4 aromatic rings. The first-order valence-electron chi connectivity index (χ1n) is 9.89. The van der Waals surface area contributed by atoms with E-state index in [-0.39, 0.29) is 6.61 Å². The second-order valence-corrected chi connectivity index (χ2v) is 6.93. The summed E-state index contributed by atoms with van der Waals surface area (Å²) in [5.74, 6) is 0.312. The molecular weight excluding hydrogens is 378 g/mol. The highest BCUT2D eigenvalue weighted by Crippen LogP contribution is 2.35. The first kappa shape index (κ1) is 19.7. The lowest BCUT2D eigenvalue weighted by molar-refractivity contribution is 0.0521. The van der Waals surface area contributed by atoms with Crippen LogP contribution in [0.1, 0.15) is 28.5 Å². The Morgan fingerprint density at radius 3 is 2.43 bits per heavy atom. The molecule has 0 aliphatic rings. The molecule has 0 atom stereocenters. The maximum absolute atomic E-state index is 12.6. The number of aliphatic hydroxyl groups excluding tert-OH is 1. The number of rotatable bonds is 7. The molecule has 0 spiro atoms. The molecule has 1 aromatic heterocycles. The molecule has 5 heteroatoms. The van der Waals surface area contributed by atoms with Crippen LogP contribution in [0.3, 0.4) is 0 Å². The standard InChI is InChI=1S/C25H23NO4/c1-2-29-25(28)24-23(19-10-8-17(15-27)9-11-19)21-13-12-20(14-22(21)26-24)30-16-18-6-4-3-5-7-18/h3-14,26-27H,2,15-16H2,1H3. The summed E-state index contributed by atoms with van der Waals surface area (Å²) in [6.07, 6.45) is 0. The predicted octanol–water partition coefficient (Wildman–Crippen LogP) is 5.08. The highest BCUT2D eigenvalue weighted by Gasteiger charge is 2.20. The first-order valence-corrected chi connectivity index (χ1v) is 9.89. The van der Waals surface area contributed by atoms with Gasteiger partial charge in [0.25, 0.3) is 0 Å². The van der Waals surface area contributed by atoms with Gasteiger partial charge >= 0.3 is 5.97 Å². The molecule has 1 heterocycles. The van der Waals surface area contributed by atoms with E-state index >= 15 is 0 Å². The summed E-state index contributed by atoms with van der Waals surface area (Å²) in [5, 5.41) is 10.2. The second-order valence-electron chi connectivity index (χ2n) is 6.93. The molecule has 5 nitrogen and oxygen atoms in total. The second kappa shape index (κ2) is 8.84. The van der Waals surface area contributed by atoms with Gasteiger partial charge < -0.3 is 19.6 Å². The molecule has 0 aliphatic heterocycles. The monoisotopic (exact) mass is 401 g/mol. The minimum absolute atomic E-state index is 0.0268. The Balaban J connectivity index is 1.72. The van der Waals surface area contributed by atoms with Crippen molar-refractivity contribution >= 4 is 16.9 Å². The molecule has 152 valence electrons. The number of carbonyl (C=O) groups excluding carboxylic acids is 1. The van der Waals surface area contributed by atoms with Crippen molar-refractivity contribution in [2.24, 2.45) is 0 Å². The smallest absolute Gasteiger partial charge is 0.355 e. The van der Waals surface area contributed by atoms with Gasteiger partial charge in [-0.25, -0.2) is 4.79 Å². The largest absolute Gasteiger partial charge is 0.489 e. The Kier molecular flexibility index (Phi) is 5.82. The van der Waals surface area contributed by atoms with Gasteiger partial charge in [-0.05, 0) is 35.7 Å². The lowest BCUT2D eigenvalue weighted by atomic mass is 10.0. The normalized spacial score (nSPS) is 10.9. The van der Waals surface area contributed by atoms with Crippen LogP contribution >= 0.6 is 0 Å². The average molecular weight is 401 g/mol. The average Bonchev–Trinajstić information content (AvgIpc) is 3.17. The highest BCUT2D eigenvalue weighted by atomic mass is 16.5. The van der Waals surface area contributed by atoms with Gasteiger partial charge in [0.05, 0.1) is 18.7 Å². The quantitative estimate of drug-likeness (QED) is 0.424. The van der Waals surface area contributed by atoms with Crippen LogP contribution in [0.2, 0.25) is 0 Å². The zero-order valence-electron chi connectivity index (χ0n) is 16.7. The number of hydrogen-bond acceptors (Lipinski definition) is 4. The van der Waals surface area contributed by atoms with Crippen LogP contribution < -0.4 is 4.74 Å². The van der Waals surface area contributed by atoms with E-state index in [1.807, 2.05) is 72.8 Å². The van der Waals surface area contributed by atoms with E-state index in [4.69, 9.17) is 9.47 Å². The number of benzene rings is 3. The summed E-state index contributed by atoms with van der Waals surface area (Å²) in [5.41, 5.74) is 4.75. The third kappa shape index (κ3) is 4.07. The maximum atomic E-state index is 12.6. The van der Waals surface area contributed by atoms with E-state index in [9.17, 15) is 9.90 Å². The number of fused-ring (bicyclic) bond motifs is 1. The van der Waals surface area contributed by atoms with Gasteiger partial charge in [-0.2, -0.15) is 0 Å². The molecule has 0 saturated heterocycles. The van der Waals surface area contributed by atoms with Crippen LogP contribution in [0.5, 0.6) is 5.75 Å². The molecule has 2 N–H and O–H groups in total. The third-order valence-corrected chi connectivity index (χ3v) is 4.92. The van der Waals surface area contributed by atoms with E-state index < -0.39 is 5.97 Å². The van der Waals surface area contributed by atoms with Crippen molar-refractivity contribution in [2.45, 2.75) is 20.1 Å². The molecule has 0 amide bonds. The third-order valence-electron chi connectivity index (χ3n) is 4.92. The summed E-state index contributed by atoms with van der Waals surface area (Å²) in [4.78, 5) is 15.8. The van der Waals surface area contributed by atoms with Gasteiger partial charge in [-0.1, -0.05) is 54.6 Å². The number of aromatic amines is 1. The number of nitrogens with one attached hydrogen (secondary N) is 1. The van der Waals surface area contributed by atoms with E-state index in [1.54, 1.807) is 6.92 Å². The Hall–Kier alpha value is -3.57. The van der Waals surface area contributed by atoms with Gasteiger partial charge in [0.1, 0.15) is 18.1 Å². The van der Waals surface area contributed by atoms with Crippen molar-refractivity contribution in [3.05, 3.63) is 89.6 Å². The molecule has 30 heavy (non-hydrogen) atoms. The van der Waals surface area contributed by atoms with Crippen molar-refractivity contribution in [1.29, 1.82) is 0 Å². The van der Waals surface area contributed by atoms with Gasteiger partial charge in [-0.15, -0.1) is 0 Å². The number of esters is 1. The number of aromatic nitrogens is 1. The highest BCUT2D eigenvalue weighted by molar-refractivity contribution is 6.08. The SMILES string of the molecule is CCOC(=O)c1[nH]c2cc(OCc3ccccc3)ccc2c1-c1ccc(CO)cc1. The summed E-state index contributed by atoms with van der Waals surface area (Å²) < 4.78 is 11.2. The Labute approximate surface area is 174 Å². The molecular formula is C25H23NO4. The van der Waals surface area contributed by atoms with Crippen LogP contribution in [0.25, 0.3) is 22.0 Å². The topological polar surface area (TPSA) is 71.6 Å². The molecule has 0 saturated carbocycles. The number of hydrogen-bond donors (Lipinski definition) is 2.